The largest absolute Gasteiger partial charge is 0.507 e. The normalized spacial score (nSPS) is 11.5. The van der Waals surface area contributed by atoms with E-state index < -0.39 is 35.3 Å². The lowest BCUT2D eigenvalue weighted by molar-refractivity contribution is -0.0498. The summed E-state index contributed by atoms with van der Waals surface area (Å²) in [5.41, 5.74) is -2.12. The molecule has 0 fully saturated rings. The third kappa shape index (κ3) is 3.86. The summed E-state index contributed by atoms with van der Waals surface area (Å²) < 4.78 is 40.4. The summed E-state index contributed by atoms with van der Waals surface area (Å²) in [6.45, 7) is -3.05. The van der Waals surface area contributed by atoms with Crippen LogP contribution in [-0.4, -0.2) is 16.8 Å². The number of para-hydroxylation sites is 2. The zero-order chi connectivity index (χ0) is 24.7. The molecule has 176 valence electrons. The Hall–Kier alpha value is -4.66. The first-order chi connectivity index (χ1) is 16.8. The number of halogens is 2. The maximum Gasteiger partial charge on any atom is 0.387 e. The lowest BCUT2D eigenvalue weighted by atomic mass is 9.84. The maximum atomic E-state index is 13.1. The molecular weight excluding hydrogens is 462 g/mol. The van der Waals surface area contributed by atoms with E-state index in [1.165, 1.54) is 48.5 Å². The van der Waals surface area contributed by atoms with Crippen LogP contribution in [0.25, 0.3) is 21.9 Å². The van der Waals surface area contributed by atoms with Crippen molar-refractivity contribution >= 4 is 21.9 Å². The molecule has 0 radical (unpaired) electrons. The molecule has 0 atom stereocenters. The smallest absolute Gasteiger partial charge is 0.387 e. The topological polar surface area (TPSA) is 110 Å². The highest BCUT2D eigenvalue weighted by molar-refractivity contribution is 5.86. The van der Waals surface area contributed by atoms with Gasteiger partial charge in [0.15, 0.2) is 0 Å². The van der Waals surface area contributed by atoms with E-state index in [2.05, 4.69) is 4.74 Å². The molecule has 5 rings (SSSR count). The van der Waals surface area contributed by atoms with Gasteiger partial charge in [0, 0.05) is 0 Å². The summed E-state index contributed by atoms with van der Waals surface area (Å²) in [6.07, 6.45) is 0. The molecule has 2 heterocycles. The van der Waals surface area contributed by atoms with E-state index in [1.807, 2.05) is 0 Å². The highest BCUT2D eigenvalue weighted by Gasteiger charge is 2.32. The Morgan fingerprint density at radius 1 is 0.686 bits per heavy atom. The van der Waals surface area contributed by atoms with E-state index in [-0.39, 0.29) is 44.4 Å². The molecule has 3 aromatic carbocycles. The number of ether oxygens (including phenoxy) is 1. The molecule has 9 heteroatoms. The van der Waals surface area contributed by atoms with Gasteiger partial charge in [-0.3, -0.25) is 0 Å². The number of alkyl halides is 2. The fourth-order valence-electron chi connectivity index (χ4n) is 4.12. The molecule has 7 nitrogen and oxygen atoms in total. The molecule has 2 N–H and O–H groups in total. The Labute approximate surface area is 195 Å². The molecule has 0 saturated heterocycles. The molecule has 0 saturated carbocycles. The zero-order valence-electron chi connectivity index (χ0n) is 17.8. The molecular formula is C26H16F2O7. The Morgan fingerprint density at radius 3 is 1.60 bits per heavy atom. The Morgan fingerprint density at radius 2 is 1.14 bits per heavy atom. The highest BCUT2D eigenvalue weighted by Crippen LogP contribution is 2.42. The van der Waals surface area contributed by atoms with Gasteiger partial charge in [0.2, 0.25) is 0 Å². The lowest BCUT2D eigenvalue weighted by Crippen LogP contribution is -2.21. The SMILES string of the molecule is O=c1oc2ccccc2c(O)c1C(c1ccc(OC(F)F)cc1)c1c(O)c2ccccc2oc1=O. The van der Waals surface area contributed by atoms with Crippen molar-refractivity contribution in [2.45, 2.75) is 12.5 Å². The van der Waals surface area contributed by atoms with Crippen LogP contribution in [0.4, 0.5) is 8.78 Å². The summed E-state index contributed by atoms with van der Waals surface area (Å²) in [6, 6.07) is 17.6. The molecule has 0 aliphatic carbocycles. The van der Waals surface area contributed by atoms with Crippen LogP contribution in [0.15, 0.2) is 91.2 Å². The Bertz CT molecular complexity index is 1570. The van der Waals surface area contributed by atoms with Crippen LogP contribution in [0, 0.1) is 0 Å². The van der Waals surface area contributed by atoms with Crippen LogP contribution in [0.2, 0.25) is 0 Å². The number of hydrogen-bond acceptors (Lipinski definition) is 7. The average Bonchev–Trinajstić information content (AvgIpc) is 2.83. The van der Waals surface area contributed by atoms with E-state index in [9.17, 15) is 28.6 Å². The molecule has 0 amide bonds. The molecule has 0 aliphatic rings. The molecule has 0 aliphatic heterocycles. The second kappa shape index (κ2) is 8.60. The number of fused-ring (bicyclic) bond motifs is 2. The second-order valence-corrected chi connectivity index (χ2v) is 7.68. The summed E-state index contributed by atoms with van der Waals surface area (Å²) in [7, 11) is 0. The first-order valence-electron chi connectivity index (χ1n) is 10.4. The van der Waals surface area contributed by atoms with Gasteiger partial charge in [-0.25, -0.2) is 9.59 Å². The summed E-state index contributed by atoms with van der Waals surface area (Å²) in [5.74, 6) is -2.44. The molecule has 5 aromatic rings. The van der Waals surface area contributed by atoms with Crippen molar-refractivity contribution in [2.75, 3.05) is 0 Å². The highest BCUT2D eigenvalue weighted by atomic mass is 19.3. The van der Waals surface area contributed by atoms with Gasteiger partial charge in [-0.2, -0.15) is 8.78 Å². The first kappa shape index (κ1) is 22.1. The van der Waals surface area contributed by atoms with Gasteiger partial charge >= 0.3 is 17.9 Å². The van der Waals surface area contributed by atoms with Crippen molar-refractivity contribution in [3.63, 3.8) is 0 Å². The van der Waals surface area contributed by atoms with E-state index in [4.69, 9.17) is 8.83 Å². The van der Waals surface area contributed by atoms with Crippen molar-refractivity contribution in [2.24, 2.45) is 0 Å². The fraction of sp³-hybridized carbons (Fsp3) is 0.0769. The van der Waals surface area contributed by atoms with E-state index >= 15 is 0 Å². The van der Waals surface area contributed by atoms with Crippen molar-refractivity contribution in [1.82, 2.24) is 0 Å². The van der Waals surface area contributed by atoms with E-state index in [1.54, 1.807) is 24.3 Å². The lowest BCUT2D eigenvalue weighted by Gasteiger charge is -2.20. The van der Waals surface area contributed by atoms with Gasteiger partial charge < -0.3 is 23.8 Å². The van der Waals surface area contributed by atoms with Crippen molar-refractivity contribution < 1.29 is 32.6 Å². The Kier molecular flexibility index (Phi) is 5.44. The third-order valence-electron chi connectivity index (χ3n) is 5.66. The molecule has 0 spiro atoms. The quantitative estimate of drug-likeness (QED) is 0.339. The Balaban J connectivity index is 1.83. The predicted octanol–water partition coefficient (Wildman–Crippen LogP) is 5.09. The van der Waals surface area contributed by atoms with E-state index in [0.29, 0.717) is 0 Å². The number of aromatic hydroxyl groups is 2. The minimum atomic E-state index is -3.05. The van der Waals surface area contributed by atoms with Crippen LogP contribution in [0.5, 0.6) is 17.2 Å². The van der Waals surface area contributed by atoms with E-state index in [0.717, 1.165) is 0 Å². The molecule has 2 aromatic heterocycles. The van der Waals surface area contributed by atoms with Gasteiger partial charge in [-0.15, -0.1) is 0 Å². The average molecular weight is 478 g/mol. The monoisotopic (exact) mass is 478 g/mol. The summed E-state index contributed by atoms with van der Waals surface area (Å²) in [5, 5.41) is 22.6. The van der Waals surface area contributed by atoms with Crippen LogP contribution in [0.1, 0.15) is 22.6 Å². The van der Waals surface area contributed by atoms with Crippen LogP contribution >= 0.6 is 0 Å². The predicted molar refractivity (Wildman–Crippen MR) is 122 cm³/mol. The summed E-state index contributed by atoms with van der Waals surface area (Å²) >= 11 is 0. The minimum Gasteiger partial charge on any atom is -0.507 e. The molecule has 0 unspecified atom stereocenters. The van der Waals surface area contributed by atoms with Crippen LogP contribution in [0.3, 0.4) is 0 Å². The second-order valence-electron chi connectivity index (χ2n) is 7.68. The van der Waals surface area contributed by atoms with Gasteiger partial charge in [0.1, 0.15) is 28.4 Å². The third-order valence-corrected chi connectivity index (χ3v) is 5.66. The van der Waals surface area contributed by atoms with Gasteiger partial charge in [0.05, 0.1) is 27.8 Å². The van der Waals surface area contributed by atoms with Crippen LogP contribution < -0.4 is 16.0 Å². The van der Waals surface area contributed by atoms with Crippen molar-refractivity contribution in [1.29, 1.82) is 0 Å². The summed E-state index contributed by atoms with van der Waals surface area (Å²) in [4.78, 5) is 26.2. The maximum absolute atomic E-state index is 13.1. The molecule has 35 heavy (non-hydrogen) atoms. The van der Waals surface area contributed by atoms with Crippen molar-refractivity contribution in [3.05, 3.63) is 110 Å². The first-order valence-corrected chi connectivity index (χ1v) is 10.4. The standard InChI is InChI=1S/C26H16F2O7/c27-26(28)33-14-11-9-13(10-12-14)19(20-22(29)15-5-1-3-7-17(15)34-24(20)31)21-23(30)16-6-2-4-8-18(16)35-25(21)32/h1-12,19,26,29-30H. The van der Waals surface area contributed by atoms with Gasteiger partial charge in [-0.05, 0) is 42.0 Å². The van der Waals surface area contributed by atoms with Gasteiger partial charge in [-0.1, -0.05) is 36.4 Å². The van der Waals surface area contributed by atoms with Gasteiger partial charge in [0.25, 0.3) is 0 Å². The number of hydrogen-bond donors (Lipinski definition) is 2. The van der Waals surface area contributed by atoms with Crippen molar-refractivity contribution in [3.8, 4) is 17.2 Å². The number of benzene rings is 3. The van der Waals surface area contributed by atoms with Crippen LogP contribution in [-0.2, 0) is 0 Å². The zero-order valence-corrected chi connectivity index (χ0v) is 17.8. The number of rotatable bonds is 5. The molecule has 0 bridgehead atoms. The minimum absolute atomic E-state index is 0.118. The fourth-order valence-corrected chi connectivity index (χ4v) is 4.12.